The molecule has 6 heteroatoms. The third kappa shape index (κ3) is 5.39. The molecular formula is C6H3Br2F3Mg. The Labute approximate surface area is 90.0 Å². The smallest absolute Gasteiger partial charge is 0.280 e. The van der Waals surface area contributed by atoms with Crippen LogP contribution in [-0.2, 0) is 0 Å². The Balaban J connectivity index is 0.000000354. The molecule has 0 fully saturated rings. The number of rotatable bonds is 0. The number of hydrogen-bond acceptors (Lipinski definition) is 0. The van der Waals surface area contributed by atoms with Gasteiger partial charge in [0.2, 0.25) is 0 Å². The van der Waals surface area contributed by atoms with Crippen LogP contribution in [0.25, 0.3) is 0 Å². The van der Waals surface area contributed by atoms with Crippen LogP contribution in [0.2, 0.25) is 0 Å². The van der Waals surface area contributed by atoms with E-state index in [-0.39, 0.29) is 16.0 Å². The van der Waals surface area contributed by atoms with Crippen LogP contribution in [0.4, 0.5) is 13.2 Å². The van der Waals surface area contributed by atoms with Crippen LogP contribution < -0.4 is 0 Å². The molecule has 0 saturated carbocycles. The molecule has 0 unspecified atom stereocenters. The van der Waals surface area contributed by atoms with Crippen molar-refractivity contribution in [3.63, 3.8) is 0 Å². The summed E-state index contributed by atoms with van der Waals surface area (Å²) in [6.45, 7) is 0. The van der Waals surface area contributed by atoms with Gasteiger partial charge >= 0.3 is 16.0 Å². The molecule has 1 rings (SSSR count). The molecule has 0 heterocycles. The first kappa shape index (κ1) is 12.7. The highest BCUT2D eigenvalue weighted by atomic mass is 79.9. The molecule has 0 aliphatic heterocycles. The molecule has 0 aliphatic rings. The molecule has 0 atom stereocenters. The molecule has 0 radical (unpaired) electrons. The van der Waals surface area contributed by atoms with E-state index in [2.05, 4.69) is 25.8 Å². The van der Waals surface area contributed by atoms with E-state index in [1.54, 1.807) is 0 Å². The van der Waals surface area contributed by atoms with Crippen LogP contribution in [0.5, 0.6) is 0 Å². The SMILES string of the molecule is Fc1ccc(F)c(F)c1.[Br][Mg][Br]. The van der Waals surface area contributed by atoms with E-state index in [9.17, 15) is 13.2 Å². The summed E-state index contributed by atoms with van der Waals surface area (Å²) in [5, 5.41) is 0. The van der Waals surface area contributed by atoms with Crippen molar-refractivity contribution in [1.29, 1.82) is 0 Å². The van der Waals surface area contributed by atoms with E-state index >= 15 is 0 Å². The minimum Gasteiger partial charge on any atom is -0.280 e. The maximum absolute atomic E-state index is 12.0. The lowest BCUT2D eigenvalue weighted by molar-refractivity contribution is 0.495. The van der Waals surface area contributed by atoms with Gasteiger partial charge in [-0.15, -0.1) is 0 Å². The maximum Gasteiger partial charge on any atom is 0.560 e. The topological polar surface area (TPSA) is 0 Å². The van der Waals surface area contributed by atoms with Gasteiger partial charge in [0, 0.05) is 6.07 Å². The summed E-state index contributed by atoms with van der Waals surface area (Å²) in [7, 11) is 0. The molecule has 0 saturated heterocycles. The van der Waals surface area contributed by atoms with Crippen LogP contribution in [0.1, 0.15) is 0 Å². The maximum atomic E-state index is 12.0. The first-order valence-electron chi connectivity index (χ1n) is 2.84. The first-order valence-corrected chi connectivity index (χ1v) is 10.6. The lowest BCUT2D eigenvalue weighted by Crippen LogP contribution is -1.83. The summed E-state index contributed by atoms with van der Waals surface area (Å²) in [5.41, 5.74) is 0. The van der Waals surface area contributed by atoms with Crippen LogP contribution >= 0.6 is 25.8 Å². The van der Waals surface area contributed by atoms with Gasteiger partial charge in [0.15, 0.2) is 11.6 Å². The van der Waals surface area contributed by atoms with Crippen LogP contribution in [0.3, 0.4) is 0 Å². The van der Waals surface area contributed by atoms with E-state index in [0.717, 1.165) is 12.1 Å². The lowest BCUT2D eigenvalue weighted by Gasteiger charge is -1.88. The largest absolute Gasteiger partial charge is 0.560 e. The Hall–Kier alpha value is 0.736. The third-order valence-corrected chi connectivity index (χ3v) is 0.882. The minimum atomic E-state index is -1.16. The highest BCUT2D eigenvalue weighted by Gasteiger charge is 1.99. The highest BCUT2D eigenvalue weighted by Crippen LogP contribution is 2.05. The number of halogens is 5. The average molecular weight is 316 g/mol. The predicted molar refractivity (Wildman–Crippen MR) is 49.9 cm³/mol. The van der Waals surface area contributed by atoms with Gasteiger partial charge in [-0.3, -0.25) is 25.8 Å². The van der Waals surface area contributed by atoms with Crippen LogP contribution in [0.15, 0.2) is 18.2 Å². The van der Waals surface area contributed by atoms with Crippen molar-refractivity contribution in [3.8, 4) is 0 Å². The van der Waals surface area contributed by atoms with Crippen molar-refractivity contribution in [1.82, 2.24) is 0 Å². The number of benzene rings is 1. The highest BCUT2D eigenvalue weighted by molar-refractivity contribution is 9.47. The van der Waals surface area contributed by atoms with Crippen molar-refractivity contribution >= 4 is 41.8 Å². The van der Waals surface area contributed by atoms with E-state index < -0.39 is 17.5 Å². The molecule has 0 bridgehead atoms. The van der Waals surface area contributed by atoms with Crippen molar-refractivity contribution in [2.24, 2.45) is 0 Å². The monoisotopic (exact) mass is 314 g/mol. The van der Waals surface area contributed by atoms with Crippen molar-refractivity contribution < 1.29 is 13.2 Å². The zero-order valence-electron chi connectivity index (χ0n) is 5.83. The van der Waals surface area contributed by atoms with Gasteiger partial charge < -0.3 is 0 Å². The van der Waals surface area contributed by atoms with E-state index in [1.165, 1.54) is 0 Å². The normalized spacial score (nSPS) is 8.08. The van der Waals surface area contributed by atoms with Gasteiger partial charge in [0.1, 0.15) is 5.82 Å². The fourth-order valence-electron chi connectivity index (χ4n) is 0.470. The molecule has 0 aromatic heterocycles. The quantitative estimate of drug-likeness (QED) is 0.508. The van der Waals surface area contributed by atoms with Crippen molar-refractivity contribution in [2.45, 2.75) is 0 Å². The molecule has 0 N–H and O–H groups in total. The minimum absolute atomic E-state index is 0.0417. The second kappa shape index (κ2) is 7.17. The van der Waals surface area contributed by atoms with Gasteiger partial charge in [0.05, 0.1) is 0 Å². The molecule has 0 spiro atoms. The standard InChI is InChI=1S/C6H3F3.2BrH.Mg/c7-4-1-2-5(8)6(9)3-4;;;/h1-3H;2*1H;/q;;;+2/p-2. The molecule has 12 heavy (non-hydrogen) atoms. The second-order valence-electron chi connectivity index (χ2n) is 1.66. The average Bonchev–Trinajstić information content (AvgIpc) is 1.99. The van der Waals surface area contributed by atoms with E-state index in [1.807, 2.05) is 0 Å². The van der Waals surface area contributed by atoms with Gasteiger partial charge in [-0.1, -0.05) is 0 Å². The summed E-state index contributed by atoms with van der Waals surface area (Å²) in [6.07, 6.45) is 0. The molecule has 0 aliphatic carbocycles. The van der Waals surface area contributed by atoms with Gasteiger partial charge in [0.25, 0.3) is 0 Å². The third-order valence-electron chi connectivity index (χ3n) is 0.882. The first-order chi connectivity index (χ1) is 5.61. The lowest BCUT2D eigenvalue weighted by atomic mass is 10.3. The van der Waals surface area contributed by atoms with Crippen LogP contribution in [0, 0.1) is 17.5 Å². The molecule has 0 nitrogen and oxygen atoms in total. The van der Waals surface area contributed by atoms with E-state index in [4.69, 9.17) is 0 Å². The van der Waals surface area contributed by atoms with Crippen molar-refractivity contribution in [3.05, 3.63) is 35.7 Å². The summed E-state index contributed by atoms with van der Waals surface area (Å²) in [4.78, 5) is 0. The summed E-state index contributed by atoms with van der Waals surface area (Å²) in [5.74, 6) is -2.96. The van der Waals surface area contributed by atoms with Crippen molar-refractivity contribution in [2.75, 3.05) is 0 Å². The second-order valence-corrected chi connectivity index (χ2v) is 9.74. The Morgan fingerprint density at radius 3 is 1.83 bits per heavy atom. The number of hydrogen-bond donors (Lipinski definition) is 0. The molecule has 1 aromatic rings. The Kier molecular flexibility index (Phi) is 7.61. The van der Waals surface area contributed by atoms with Gasteiger partial charge in [-0.2, -0.15) is 0 Å². The zero-order chi connectivity index (χ0) is 9.56. The van der Waals surface area contributed by atoms with E-state index in [0.29, 0.717) is 6.07 Å². The van der Waals surface area contributed by atoms with Gasteiger partial charge in [-0.25, -0.2) is 13.2 Å². The Morgan fingerprint density at radius 1 is 1.00 bits per heavy atom. The fourth-order valence-corrected chi connectivity index (χ4v) is 0.470. The molecule has 64 valence electrons. The fraction of sp³-hybridized carbons (Fsp3) is 0. The van der Waals surface area contributed by atoms with Gasteiger partial charge in [-0.05, 0) is 12.1 Å². The van der Waals surface area contributed by atoms with Crippen LogP contribution in [-0.4, -0.2) is 16.0 Å². The Morgan fingerprint density at radius 2 is 1.50 bits per heavy atom. The summed E-state index contributed by atoms with van der Waals surface area (Å²) < 4.78 is 35.9. The summed E-state index contributed by atoms with van der Waals surface area (Å²) >= 11 is 6.44. The molecular weight excluding hydrogens is 313 g/mol. The zero-order valence-corrected chi connectivity index (χ0v) is 10.4. The predicted octanol–water partition coefficient (Wildman–Crippen LogP) is 3.41. The summed E-state index contributed by atoms with van der Waals surface area (Å²) in [6, 6.07) is 2.10. The molecule has 0 amide bonds. The Bertz CT molecular complexity index is 244. The molecule has 1 aromatic carbocycles.